The molecule has 0 N–H and O–H groups in total. The minimum absolute atomic E-state index is 0.106. The van der Waals surface area contributed by atoms with Gasteiger partial charge >= 0.3 is 5.55 Å². The number of hydrogen-bond acceptors (Lipinski definition) is 4. The highest BCUT2D eigenvalue weighted by molar-refractivity contribution is 8.15. The zero-order chi connectivity index (χ0) is 13.1. The Balaban J connectivity index is 3.51. The van der Waals surface area contributed by atoms with E-state index in [-0.39, 0.29) is 11.1 Å². The molecule has 1 unspecified atom stereocenters. The van der Waals surface area contributed by atoms with Gasteiger partial charge in [-0.25, -0.2) is 16.8 Å². The van der Waals surface area contributed by atoms with Crippen molar-refractivity contribution in [2.24, 2.45) is 0 Å². The molecule has 92 valence electrons. The Kier molecular flexibility index (Phi) is 3.82. The van der Waals surface area contributed by atoms with Crippen LogP contribution in [0, 0.1) is 0 Å². The minimum Gasteiger partial charge on any atom is -0.361 e. The number of benzene rings is 1. The number of rotatable bonds is 4. The normalized spacial score (nSPS) is 13.7. The van der Waals surface area contributed by atoms with Crippen molar-refractivity contribution >= 4 is 25.2 Å². The summed E-state index contributed by atoms with van der Waals surface area (Å²) in [5, 5.41) is 0. The molecule has 0 saturated heterocycles. The summed E-state index contributed by atoms with van der Waals surface area (Å²) in [6.45, 7) is 0. The predicted molar refractivity (Wildman–Crippen MR) is 62.6 cm³/mol. The number of sulfone groups is 2. The molecule has 0 saturated carbocycles. The molecule has 6 nitrogen and oxygen atoms in total. The van der Waals surface area contributed by atoms with Crippen LogP contribution in [0.25, 0.3) is 5.53 Å². The molecule has 1 aromatic rings. The first kappa shape index (κ1) is 13.6. The standard InChI is InChI=1S/C9H10N2O4S2/c1-16(12,13)9(17(14,15)7-11-10)8-5-3-2-4-6-8/h2-7,9H,1H3. The maximum Gasteiger partial charge on any atom is 0.371 e. The Morgan fingerprint density at radius 1 is 1.18 bits per heavy atom. The van der Waals surface area contributed by atoms with Crippen LogP contribution in [0.15, 0.2) is 30.3 Å². The molecule has 0 heterocycles. The van der Waals surface area contributed by atoms with Crippen molar-refractivity contribution in [3.63, 3.8) is 0 Å². The van der Waals surface area contributed by atoms with Gasteiger partial charge in [-0.2, -0.15) is 4.79 Å². The van der Waals surface area contributed by atoms with E-state index < -0.39 is 24.3 Å². The van der Waals surface area contributed by atoms with Crippen molar-refractivity contribution < 1.29 is 21.6 Å². The fourth-order valence-corrected chi connectivity index (χ4v) is 4.94. The summed E-state index contributed by atoms with van der Waals surface area (Å²) in [5.41, 5.74) is 8.59. The lowest BCUT2D eigenvalue weighted by molar-refractivity contribution is 0.00751. The molecule has 1 atom stereocenters. The van der Waals surface area contributed by atoms with E-state index in [1.807, 2.05) is 0 Å². The molecule has 0 fully saturated rings. The molecule has 0 aliphatic heterocycles. The molecule has 1 aromatic carbocycles. The molecule has 0 amide bonds. The van der Waals surface area contributed by atoms with Gasteiger partial charge in [0.05, 0.1) is 0 Å². The first-order chi connectivity index (χ1) is 7.79. The van der Waals surface area contributed by atoms with Crippen LogP contribution in [0.4, 0.5) is 0 Å². The van der Waals surface area contributed by atoms with E-state index in [2.05, 4.69) is 4.79 Å². The smallest absolute Gasteiger partial charge is 0.361 e. The lowest BCUT2D eigenvalue weighted by Crippen LogP contribution is -2.22. The van der Waals surface area contributed by atoms with Gasteiger partial charge in [0.15, 0.2) is 14.4 Å². The van der Waals surface area contributed by atoms with E-state index in [0.29, 0.717) is 0 Å². The lowest BCUT2D eigenvalue weighted by Gasteiger charge is -2.11. The molecule has 0 spiro atoms. The van der Waals surface area contributed by atoms with Gasteiger partial charge in [0, 0.05) is 6.26 Å². The van der Waals surface area contributed by atoms with E-state index in [1.165, 1.54) is 24.3 Å². The second-order valence-electron chi connectivity index (χ2n) is 3.38. The van der Waals surface area contributed by atoms with Crippen LogP contribution in [-0.2, 0) is 19.7 Å². The van der Waals surface area contributed by atoms with E-state index in [0.717, 1.165) is 6.26 Å². The van der Waals surface area contributed by atoms with Crippen molar-refractivity contribution in [3.05, 3.63) is 41.4 Å². The second-order valence-corrected chi connectivity index (χ2v) is 7.67. The highest BCUT2D eigenvalue weighted by Crippen LogP contribution is 2.26. The molecular formula is C9H10N2O4S2. The third-order valence-corrected chi connectivity index (χ3v) is 6.11. The Morgan fingerprint density at radius 2 is 1.71 bits per heavy atom. The van der Waals surface area contributed by atoms with E-state index in [9.17, 15) is 16.8 Å². The van der Waals surface area contributed by atoms with Crippen molar-refractivity contribution in [1.82, 2.24) is 0 Å². The summed E-state index contributed by atoms with van der Waals surface area (Å²) in [4.78, 5) is 2.39. The van der Waals surface area contributed by atoms with Crippen LogP contribution >= 0.6 is 0 Å². The first-order valence-corrected chi connectivity index (χ1v) is 8.00. The molecule has 8 heteroatoms. The fraction of sp³-hybridized carbons (Fsp3) is 0.222. The largest absolute Gasteiger partial charge is 0.371 e. The summed E-state index contributed by atoms with van der Waals surface area (Å²) in [5.74, 6) is 0. The third kappa shape index (κ3) is 3.23. The van der Waals surface area contributed by atoms with E-state index >= 15 is 0 Å². The average Bonchev–Trinajstić information content (AvgIpc) is 2.16. The SMILES string of the molecule is CS(=O)(=O)C(c1ccccc1)S(=O)(=O)C=[N+]=[N-]. The molecule has 17 heavy (non-hydrogen) atoms. The van der Waals surface area contributed by atoms with Gasteiger partial charge in [0.25, 0.3) is 9.84 Å². The Labute approximate surface area is 99.4 Å². The fourth-order valence-electron chi connectivity index (χ4n) is 1.41. The highest BCUT2D eigenvalue weighted by Gasteiger charge is 2.37. The van der Waals surface area contributed by atoms with Crippen LogP contribution < -0.4 is 0 Å². The van der Waals surface area contributed by atoms with Crippen molar-refractivity contribution in [3.8, 4) is 0 Å². The first-order valence-electron chi connectivity index (χ1n) is 4.44. The summed E-state index contributed by atoms with van der Waals surface area (Å²) in [6.07, 6.45) is 0.813. The summed E-state index contributed by atoms with van der Waals surface area (Å²) in [7, 11) is -8.10. The van der Waals surface area contributed by atoms with Gasteiger partial charge in [0.1, 0.15) is 0 Å². The van der Waals surface area contributed by atoms with E-state index in [1.54, 1.807) is 6.07 Å². The van der Waals surface area contributed by atoms with Gasteiger partial charge in [-0.3, -0.25) is 0 Å². The van der Waals surface area contributed by atoms with Gasteiger partial charge in [-0.15, -0.1) is 0 Å². The third-order valence-electron chi connectivity index (χ3n) is 1.95. The minimum atomic E-state index is -4.21. The monoisotopic (exact) mass is 274 g/mol. The summed E-state index contributed by atoms with van der Waals surface area (Å²) < 4.78 is 44.7. The molecular weight excluding hydrogens is 264 g/mol. The van der Waals surface area contributed by atoms with Crippen molar-refractivity contribution in [2.75, 3.05) is 6.26 Å². The zero-order valence-corrected chi connectivity index (χ0v) is 10.5. The number of nitrogens with zero attached hydrogens (tertiary/aromatic N) is 2. The second kappa shape index (κ2) is 4.79. The average molecular weight is 274 g/mol. The van der Waals surface area contributed by atoms with Gasteiger partial charge in [-0.05, 0) is 5.56 Å². The van der Waals surface area contributed by atoms with E-state index in [4.69, 9.17) is 5.53 Å². The zero-order valence-electron chi connectivity index (χ0n) is 8.89. The quantitative estimate of drug-likeness (QED) is 0.343. The maximum absolute atomic E-state index is 11.7. The molecule has 0 bridgehead atoms. The van der Waals surface area contributed by atoms with Gasteiger partial charge in [0.2, 0.25) is 0 Å². The summed E-state index contributed by atoms with van der Waals surface area (Å²) >= 11 is 0. The molecule has 0 aromatic heterocycles. The van der Waals surface area contributed by atoms with Crippen LogP contribution in [-0.4, -0.2) is 33.4 Å². The Bertz CT molecular complexity index is 643. The van der Waals surface area contributed by atoms with Gasteiger partial charge in [-0.1, -0.05) is 30.3 Å². The maximum atomic E-state index is 11.7. The predicted octanol–water partition coefficient (Wildman–Crippen LogP) is 0.403. The lowest BCUT2D eigenvalue weighted by atomic mass is 10.2. The van der Waals surface area contributed by atoms with Gasteiger partial charge < -0.3 is 5.53 Å². The van der Waals surface area contributed by atoms with Crippen molar-refractivity contribution in [2.45, 2.75) is 4.58 Å². The molecule has 0 aliphatic carbocycles. The Hall–Kier alpha value is -1.50. The van der Waals surface area contributed by atoms with Crippen LogP contribution in [0.3, 0.4) is 0 Å². The highest BCUT2D eigenvalue weighted by atomic mass is 32.3. The van der Waals surface area contributed by atoms with Crippen LogP contribution in [0.5, 0.6) is 0 Å². The Morgan fingerprint density at radius 3 is 2.12 bits per heavy atom. The topological polar surface area (TPSA) is 105 Å². The molecule has 0 aliphatic rings. The van der Waals surface area contributed by atoms with Crippen LogP contribution in [0.1, 0.15) is 10.1 Å². The number of hydrogen-bond donors (Lipinski definition) is 0. The van der Waals surface area contributed by atoms with Crippen molar-refractivity contribution in [1.29, 1.82) is 0 Å². The molecule has 0 radical (unpaired) electrons. The molecule has 1 rings (SSSR count). The summed E-state index contributed by atoms with van der Waals surface area (Å²) in [6, 6.07) is 7.46. The van der Waals surface area contributed by atoms with Crippen LogP contribution in [0.2, 0.25) is 0 Å².